The summed E-state index contributed by atoms with van der Waals surface area (Å²) in [7, 11) is 1.98. The minimum Gasteiger partial charge on any atom is -0.312 e. The lowest BCUT2D eigenvalue weighted by atomic mass is 10.0. The van der Waals surface area contributed by atoms with Crippen molar-refractivity contribution in [1.29, 1.82) is 0 Å². The highest BCUT2D eigenvalue weighted by molar-refractivity contribution is 7.15. The molecule has 1 atom stereocenters. The summed E-state index contributed by atoms with van der Waals surface area (Å²) in [5.41, 5.74) is 2.19. The fourth-order valence-corrected chi connectivity index (χ4v) is 3.89. The summed E-state index contributed by atoms with van der Waals surface area (Å²) in [6.07, 6.45) is 4.99. The summed E-state index contributed by atoms with van der Waals surface area (Å²) in [4.78, 5) is 6.91. The van der Waals surface area contributed by atoms with E-state index in [1.165, 1.54) is 16.4 Å². The summed E-state index contributed by atoms with van der Waals surface area (Å²) in [6, 6.07) is 0.219. The van der Waals surface area contributed by atoms with Crippen molar-refractivity contribution in [1.82, 2.24) is 24.3 Å². The van der Waals surface area contributed by atoms with Crippen LogP contribution in [0.2, 0.25) is 0 Å². The Balaban J connectivity index is 1.86. The predicted molar refractivity (Wildman–Crippen MR) is 82.6 cm³/mol. The summed E-state index contributed by atoms with van der Waals surface area (Å²) in [5.74, 6) is 0.394. The van der Waals surface area contributed by atoms with E-state index in [0.29, 0.717) is 5.92 Å². The van der Waals surface area contributed by atoms with Gasteiger partial charge in [0.15, 0.2) is 4.96 Å². The van der Waals surface area contributed by atoms with Gasteiger partial charge in [0.2, 0.25) is 0 Å². The molecule has 0 aliphatic heterocycles. The van der Waals surface area contributed by atoms with Gasteiger partial charge in [-0.3, -0.25) is 4.40 Å². The third-order valence-corrected chi connectivity index (χ3v) is 4.93. The van der Waals surface area contributed by atoms with Crippen LogP contribution in [-0.2, 0) is 6.42 Å². The second-order valence-electron chi connectivity index (χ2n) is 5.05. The van der Waals surface area contributed by atoms with Gasteiger partial charge in [-0.15, -0.1) is 16.4 Å². The lowest BCUT2D eigenvalue weighted by Crippen LogP contribution is -2.19. The lowest BCUT2D eigenvalue weighted by molar-refractivity contribution is 0.583. The van der Waals surface area contributed by atoms with Gasteiger partial charge < -0.3 is 5.32 Å². The van der Waals surface area contributed by atoms with Crippen molar-refractivity contribution in [2.24, 2.45) is 0 Å². The van der Waals surface area contributed by atoms with E-state index in [1.807, 2.05) is 18.6 Å². The molecule has 0 saturated heterocycles. The Morgan fingerprint density at radius 2 is 2.25 bits per heavy atom. The second kappa shape index (κ2) is 5.59. The van der Waals surface area contributed by atoms with Crippen molar-refractivity contribution in [3.8, 4) is 0 Å². The molecule has 3 heterocycles. The lowest BCUT2D eigenvalue weighted by Gasteiger charge is -2.15. The minimum atomic E-state index is 0.219. The van der Waals surface area contributed by atoms with Gasteiger partial charge in [-0.25, -0.2) is 4.98 Å². The first kappa shape index (κ1) is 13.7. The quantitative estimate of drug-likeness (QED) is 0.787. The zero-order chi connectivity index (χ0) is 14.1. The third-order valence-electron chi connectivity index (χ3n) is 3.31. The summed E-state index contributed by atoms with van der Waals surface area (Å²) < 4.78 is 6.19. The molecule has 0 aromatic carbocycles. The Morgan fingerprint density at radius 3 is 2.95 bits per heavy atom. The number of hydrogen-bond acceptors (Lipinski definition) is 6. The van der Waals surface area contributed by atoms with Crippen LogP contribution in [0.1, 0.15) is 42.1 Å². The first-order chi connectivity index (χ1) is 9.69. The number of hydrogen-bond donors (Lipinski definition) is 1. The third kappa shape index (κ3) is 2.48. The predicted octanol–water partition coefficient (Wildman–Crippen LogP) is 2.87. The molecule has 3 rings (SSSR count). The molecule has 3 aromatic rings. The van der Waals surface area contributed by atoms with Gasteiger partial charge in [0.25, 0.3) is 0 Å². The van der Waals surface area contributed by atoms with Gasteiger partial charge in [0.05, 0.1) is 22.3 Å². The minimum absolute atomic E-state index is 0.219. The smallest absolute Gasteiger partial charge is 0.193 e. The Hall–Kier alpha value is -1.31. The van der Waals surface area contributed by atoms with Crippen molar-refractivity contribution in [2.75, 3.05) is 7.05 Å². The van der Waals surface area contributed by atoms with E-state index in [9.17, 15) is 0 Å². The van der Waals surface area contributed by atoms with Crippen LogP contribution in [-0.4, -0.2) is 26.0 Å². The molecule has 0 bridgehead atoms. The topological polar surface area (TPSA) is 55.1 Å². The molecule has 0 amide bonds. The van der Waals surface area contributed by atoms with Gasteiger partial charge in [-0.05, 0) is 24.5 Å². The number of likely N-dealkylation sites (N-methyl/N-ethyl adjacent to an activating group) is 1. The molecule has 5 nitrogen and oxygen atoms in total. The number of aromatic nitrogens is 4. The molecule has 0 saturated carbocycles. The maximum Gasteiger partial charge on any atom is 0.193 e. The molecule has 0 aliphatic rings. The highest BCUT2D eigenvalue weighted by Crippen LogP contribution is 2.28. The van der Waals surface area contributed by atoms with Crippen LogP contribution in [0.25, 0.3) is 4.96 Å². The molecule has 106 valence electrons. The van der Waals surface area contributed by atoms with Crippen molar-refractivity contribution in [3.63, 3.8) is 0 Å². The van der Waals surface area contributed by atoms with E-state index in [0.717, 1.165) is 22.8 Å². The van der Waals surface area contributed by atoms with Crippen LogP contribution in [0, 0.1) is 0 Å². The second-order valence-corrected chi connectivity index (χ2v) is 6.71. The molecule has 1 N–H and O–H groups in total. The van der Waals surface area contributed by atoms with E-state index >= 15 is 0 Å². The van der Waals surface area contributed by atoms with E-state index in [1.54, 1.807) is 11.3 Å². The number of thiazole rings is 1. The van der Waals surface area contributed by atoms with Crippen LogP contribution in [0.5, 0.6) is 0 Å². The van der Waals surface area contributed by atoms with Crippen LogP contribution in [0.3, 0.4) is 0 Å². The molecule has 0 fully saturated rings. The molecule has 0 radical (unpaired) electrons. The SMILES string of the molecule is CNC(Cc1cn2ccsc2n1)c1snnc1C(C)C. The highest BCUT2D eigenvalue weighted by Gasteiger charge is 2.21. The van der Waals surface area contributed by atoms with E-state index in [2.05, 4.69) is 44.3 Å². The zero-order valence-corrected chi connectivity index (χ0v) is 13.3. The number of rotatable bonds is 5. The van der Waals surface area contributed by atoms with E-state index in [-0.39, 0.29) is 6.04 Å². The van der Waals surface area contributed by atoms with Gasteiger partial charge in [-0.1, -0.05) is 18.3 Å². The molecular weight excluding hydrogens is 290 g/mol. The van der Waals surface area contributed by atoms with Gasteiger partial charge in [0.1, 0.15) is 0 Å². The van der Waals surface area contributed by atoms with E-state index in [4.69, 9.17) is 0 Å². The van der Waals surface area contributed by atoms with Crippen LogP contribution < -0.4 is 5.32 Å². The standard InChI is InChI=1S/C13H17N5S2/c1-8(2)11-12(20-17-16-11)10(14-3)6-9-7-18-4-5-19-13(18)15-9/h4-5,7-8,10,14H,6H2,1-3H3. The zero-order valence-electron chi connectivity index (χ0n) is 11.7. The average Bonchev–Trinajstić information content (AvgIpc) is 3.10. The van der Waals surface area contributed by atoms with Gasteiger partial charge in [-0.2, -0.15) is 0 Å². The summed E-state index contributed by atoms with van der Waals surface area (Å²) >= 11 is 3.14. The Labute approximate surface area is 125 Å². The van der Waals surface area contributed by atoms with Gasteiger partial charge >= 0.3 is 0 Å². The van der Waals surface area contributed by atoms with Crippen molar-refractivity contribution < 1.29 is 0 Å². The monoisotopic (exact) mass is 307 g/mol. The Bertz CT molecular complexity index is 668. The first-order valence-electron chi connectivity index (χ1n) is 6.59. The maximum atomic E-state index is 4.65. The Kier molecular flexibility index (Phi) is 3.82. The fraction of sp³-hybridized carbons (Fsp3) is 0.462. The van der Waals surface area contributed by atoms with Gasteiger partial charge in [0, 0.05) is 24.2 Å². The fourth-order valence-electron chi connectivity index (χ4n) is 2.26. The Morgan fingerprint density at radius 1 is 1.40 bits per heavy atom. The molecule has 1 unspecified atom stereocenters. The molecule has 7 heteroatoms. The molecule has 0 aliphatic carbocycles. The molecular formula is C13H17N5S2. The molecule has 3 aromatic heterocycles. The first-order valence-corrected chi connectivity index (χ1v) is 8.24. The molecule has 0 spiro atoms. The molecule has 20 heavy (non-hydrogen) atoms. The number of imidazole rings is 1. The largest absolute Gasteiger partial charge is 0.312 e. The van der Waals surface area contributed by atoms with Crippen LogP contribution in [0.15, 0.2) is 17.8 Å². The summed E-state index contributed by atoms with van der Waals surface area (Å²) in [6.45, 7) is 4.30. The van der Waals surface area contributed by atoms with Crippen molar-refractivity contribution in [2.45, 2.75) is 32.2 Å². The normalized spacial score (nSPS) is 13.4. The number of nitrogens with zero attached hydrogens (tertiary/aromatic N) is 4. The number of nitrogens with one attached hydrogen (secondary N) is 1. The summed E-state index contributed by atoms with van der Waals surface area (Å²) in [5, 5.41) is 9.68. The van der Waals surface area contributed by atoms with Crippen LogP contribution in [0.4, 0.5) is 0 Å². The number of fused-ring (bicyclic) bond motifs is 1. The maximum absolute atomic E-state index is 4.65. The van der Waals surface area contributed by atoms with Crippen molar-refractivity contribution in [3.05, 3.63) is 34.0 Å². The average molecular weight is 307 g/mol. The highest BCUT2D eigenvalue weighted by atomic mass is 32.1. The van der Waals surface area contributed by atoms with Crippen LogP contribution >= 0.6 is 22.9 Å². The van der Waals surface area contributed by atoms with E-state index < -0.39 is 0 Å². The van der Waals surface area contributed by atoms with Crippen molar-refractivity contribution >= 4 is 27.8 Å².